The van der Waals surface area contributed by atoms with E-state index in [0.717, 1.165) is 54.5 Å². The van der Waals surface area contributed by atoms with E-state index in [1.807, 2.05) is 24.3 Å². The zero-order valence-electron chi connectivity index (χ0n) is 25.4. The number of hydrogen-bond acceptors (Lipinski definition) is 7. The van der Waals surface area contributed by atoms with Crippen molar-refractivity contribution < 1.29 is 23.9 Å². The number of hydrogen-bond donors (Lipinski definition) is 1. The molecule has 3 aromatic carbocycles. The van der Waals surface area contributed by atoms with Crippen LogP contribution in [0.4, 0.5) is 5.69 Å². The molecule has 0 saturated heterocycles. The van der Waals surface area contributed by atoms with Crippen molar-refractivity contribution in [2.75, 3.05) is 39.8 Å². The molecule has 0 saturated carbocycles. The molecule has 0 spiro atoms. The topological polar surface area (TPSA) is 84.9 Å². The Bertz CT molecular complexity index is 1500. The zero-order chi connectivity index (χ0) is 30.8. The summed E-state index contributed by atoms with van der Waals surface area (Å²) in [6.07, 6.45) is 11.0. The number of rotatable bonds is 9. The molecule has 7 heteroatoms. The van der Waals surface area contributed by atoms with E-state index in [4.69, 9.17) is 0 Å². The predicted octanol–water partition coefficient (Wildman–Crippen LogP) is 5.76. The van der Waals surface area contributed by atoms with Crippen LogP contribution < -0.4 is 10.2 Å². The second-order valence-corrected chi connectivity index (χ2v) is 10.9. The van der Waals surface area contributed by atoms with Gasteiger partial charge in [0, 0.05) is 50.0 Å². The maximum atomic E-state index is 11.4. The molecule has 7 nitrogen and oxygen atoms in total. The Labute approximate surface area is 254 Å². The minimum absolute atomic E-state index is 0.207. The van der Waals surface area contributed by atoms with Gasteiger partial charge in [-0.2, -0.15) is 0 Å². The number of nitrogens with one attached hydrogen (secondary N) is 1. The molecule has 0 aromatic heterocycles. The van der Waals surface area contributed by atoms with Gasteiger partial charge in [-0.05, 0) is 89.9 Å². The zero-order valence-corrected chi connectivity index (χ0v) is 25.4. The highest BCUT2D eigenvalue weighted by atomic mass is 16.5. The van der Waals surface area contributed by atoms with E-state index in [9.17, 15) is 14.4 Å². The van der Waals surface area contributed by atoms with E-state index in [-0.39, 0.29) is 17.7 Å². The molecule has 0 bridgehead atoms. The Morgan fingerprint density at radius 1 is 0.837 bits per heavy atom. The first-order valence-electron chi connectivity index (χ1n) is 14.6. The van der Waals surface area contributed by atoms with E-state index in [1.165, 1.54) is 48.7 Å². The number of nitrogens with zero attached hydrogens (tertiary/aromatic N) is 1. The van der Waals surface area contributed by atoms with Crippen molar-refractivity contribution in [2.24, 2.45) is 0 Å². The normalized spacial score (nSPS) is 15.2. The molecule has 5 rings (SSSR count). The molecule has 1 unspecified atom stereocenters. The van der Waals surface area contributed by atoms with Crippen LogP contribution in [0.15, 0.2) is 72.8 Å². The van der Waals surface area contributed by atoms with Crippen LogP contribution in [0.25, 0.3) is 12.2 Å². The minimum atomic E-state index is -0.378. The first-order valence-corrected chi connectivity index (χ1v) is 14.6. The number of ether oxygens (including phenoxy) is 2. The van der Waals surface area contributed by atoms with Gasteiger partial charge < -0.3 is 19.7 Å². The van der Waals surface area contributed by atoms with Gasteiger partial charge in [-0.1, -0.05) is 48.5 Å². The Morgan fingerprint density at radius 2 is 1.47 bits per heavy atom. The number of aryl methyl sites for hydroxylation is 2. The highest BCUT2D eigenvalue weighted by Crippen LogP contribution is 2.32. The van der Waals surface area contributed by atoms with Gasteiger partial charge in [-0.3, -0.25) is 4.79 Å². The van der Waals surface area contributed by atoms with Gasteiger partial charge in [0.2, 0.25) is 0 Å². The number of ketones is 1. The monoisotopic (exact) mass is 580 g/mol. The Hall–Kier alpha value is -4.49. The molecule has 2 aliphatic rings. The molecule has 3 aromatic rings. The van der Waals surface area contributed by atoms with Gasteiger partial charge in [-0.15, -0.1) is 0 Å². The summed E-state index contributed by atoms with van der Waals surface area (Å²) in [7, 11) is 6.85. The van der Waals surface area contributed by atoms with Crippen molar-refractivity contribution in [1.82, 2.24) is 5.32 Å². The summed E-state index contributed by atoms with van der Waals surface area (Å²) < 4.78 is 9.14. The van der Waals surface area contributed by atoms with Crippen molar-refractivity contribution in [3.63, 3.8) is 0 Å². The molecule has 43 heavy (non-hydrogen) atoms. The molecule has 1 N–H and O–H groups in total. The van der Waals surface area contributed by atoms with Crippen LogP contribution in [-0.2, 0) is 38.3 Å². The largest absolute Gasteiger partial charge is 0.466 e. The van der Waals surface area contributed by atoms with Crippen LogP contribution in [0.3, 0.4) is 0 Å². The standard InChI is InChI=1S/C23H28N2O2.C13H12O3/c1-25(2)20-9-4-17(5-10-20)14-15-24-22-12-8-19-16-18(6-11-21(19)22)7-13-23(26)27-3;1-16-13(15)7-3-9-2-5-11-10(8-9)4-6-12(11)14/h4-7,9-11,13,16,22,24H,8,12,14-15H2,1-3H3;2-3,5,7-8H,4,6H2,1H3/b13-7+;7-3+. The fourth-order valence-corrected chi connectivity index (χ4v) is 5.35. The van der Waals surface area contributed by atoms with Gasteiger partial charge in [-0.25, -0.2) is 9.59 Å². The number of benzene rings is 3. The second-order valence-electron chi connectivity index (χ2n) is 10.9. The highest BCUT2D eigenvalue weighted by Gasteiger charge is 2.22. The van der Waals surface area contributed by atoms with Gasteiger partial charge >= 0.3 is 11.9 Å². The van der Waals surface area contributed by atoms with Crippen molar-refractivity contribution in [1.29, 1.82) is 0 Å². The van der Waals surface area contributed by atoms with Crippen molar-refractivity contribution >= 4 is 35.6 Å². The Balaban J connectivity index is 0.000000225. The molecule has 0 heterocycles. The fourth-order valence-electron chi connectivity index (χ4n) is 5.35. The number of carbonyl (C=O) groups excluding carboxylic acids is 3. The van der Waals surface area contributed by atoms with Crippen LogP contribution in [-0.4, -0.2) is 52.6 Å². The van der Waals surface area contributed by atoms with E-state index < -0.39 is 0 Å². The third-order valence-corrected chi connectivity index (χ3v) is 7.78. The summed E-state index contributed by atoms with van der Waals surface area (Å²) in [4.78, 5) is 35.7. The molecule has 0 amide bonds. The average molecular weight is 581 g/mol. The summed E-state index contributed by atoms with van der Waals surface area (Å²) in [6, 6.07) is 21.2. The van der Waals surface area contributed by atoms with Crippen molar-refractivity contribution in [3.8, 4) is 0 Å². The van der Waals surface area contributed by atoms with E-state index in [0.29, 0.717) is 12.5 Å². The summed E-state index contributed by atoms with van der Waals surface area (Å²) in [5.74, 6) is -0.497. The molecule has 1 atom stereocenters. The second kappa shape index (κ2) is 15.1. The smallest absolute Gasteiger partial charge is 0.330 e. The molecule has 2 aliphatic carbocycles. The molecule has 0 radical (unpaired) electrons. The van der Waals surface area contributed by atoms with E-state index in [1.54, 1.807) is 6.08 Å². The van der Waals surface area contributed by atoms with Crippen LogP contribution in [0.5, 0.6) is 0 Å². The SMILES string of the molecule is COC(=O)/C=C/c1ccc2c(c1)CCC2=O.COC(=O)/C=C/c1ccc2c(c1)CCC2NCCc1ccc(N(C)C)cc1. The number of fused-ring (bicyclic) bond motifs is 2. The maximum Gasteiger partial charge on any atom is 0.330 e. The maximum absolute atomic E-state index is 11.4. The lowest BCUT2D eigenvalue weighted by Gasteiger charge is -2.15. The first-order chi connectivity index (χ1) is 20.8. The van der Waals surface area contributed by atoms with Crippen LogP contribution in [0.2, 0.25) is 0 Å². The van der Waals surface area contributed by atoms with Crippen LogP contribution in [0.1, 0.15) is 62.6 Å². The quantitative estimate of drug-likeness (QED) is 0.254. The first kappa shape index (κ1) is 31.4. The van der Waals surface area contributed by atoms with Gasteiger partial charge in [0.1, 0.15) is 0 Å². The predicted molar refractivity (Wildman–Crippen MR) is 171 cm³/mol. The third-order valence-electron chi connectivity index (χ3n) is 7.78. The molecule has 0 fully saturated rings. The fraction of sp³-hybridized carbons (Fsp3) is 0.306. The van der Waals surface area contributed by atoms with Crippen LogP contribution >= 0.6 is 0 Å². The van der Waals surface area contributed by atoms with E-state index >= 15 is 0 Å². The Kier molecular flexibility index (Phi) is 11.1. The molecule has 0 aliphatic heterocycles. The minimum Gasteiger partial charge on any atom is -0.466 e. The molecular weight excluding hydrogens is 540 g/mol. The van der Waals surface area contributed by atoms with Crippen LogP contribution in [0, 0.1) is 0 Å². The van der Waals surface area contributed by atoms with Gasteiger partial charge in [0.25, 0.3) is 0 Å². The Morgan fingerprint density at radius 3 is 2.09 bits per heavy atom. The van der Waals surface area contributed by atoms with Crippen molar-refractivity contribution in [3.05, 3.63) is 112 Å². The average Bonchev–Trinajstić information content (AvgIpc) is 3.61. The number of Topliss-reactive ketones (excluding diaryl/α,β-unsaturated/α-hetero) is 1. The summed E-state index contributed by atoms with van der Waals surface area (Å²) in [6.45, 7) is 0.968. The van der Waals surface area contributed by atoms with Gasteiger partial charge in [0.05, 0.1) is 14.2 Å². The number of anilines is 1. The molecular formula is C36H40N2O5. The van der Waals surface area contributed by atoms with E-state index in [2.05, 4.69) is 76.3 Å². The third kappa shape index (κ3) is 8.75. The number of carbonyl (C=O) groups is 3. The lowest BCUT2D eigenvalue weighted by Crippen LogP contribution is -2.21. The molecule has 224 valence electrons. The summed E-state index contributed by atoms with van der Waals surface area (Å²) in [5.41, 5.74) is 9.18. The summed E-state index contributed by atoms with van der Waals surface area (Å²) in [5, 5.41) is 3.70. The lowest BCUT2D eigenvalue weighted by molar-refractivity contribution is -0.135. The highest BCUT2D eigenvalue weighted by molar-refractivity contribution is 6.00. The lowest BCUT2D eigenvalue weighted by atomic mass is 10.0. The number of methoxy groups -OCH3 is 2. The summed E-state index contributed by atoms with van der Waals surface area (Å²) >= 11 is 0. The number of esters is 2. The van der Waals surface area contributed by atoms with Gasteiger partial charge in [0.15, 0.2) is 5.78 Å². The van der Waals surface area contributed by atoms with Crippen molar-refractivity contribution in [2.45, 2.75) is 38.1 Å².